The van der Waals surface area contributed by atoms with Crippen LogP contribution in [0, 0.1) is 0 Å². The van der Waals surface area contributed by atoms with Crippen molar-refractivity contribution >= 4 is 5.78 Å². The number of allylic oxidation sites excluding steroid dienone is 2. The minimum absolute atomic E-state index is 0.00495. The van der Waals surface area contributed by atoms with Crippen LogP contribution >= 0.6 is 0 Å². The molecule has 0 fully saturated rings. The molecule has 1 aromatic carbocycles. The number of ketones is 1. The Labute approximate surface area is 76.5 Å². The van der Waals surface area contributed by atoms with Gasteiger partial charge >= 0.3 is 0 Å². The molecule has 0 aromatic heterocycles. The number of fused-ring (bicyclic) bond motifs is 1. The number of hydrogen-bond acceptors (Lipinski definition) is 2. The molecule has 0 radical (unpaired) electrons. The van der Waals surface area contributed by atoms with E-state index in [2.05, 4.69) is 0 Å². The summed E-state index contributed by atoms with van der Waals surface area (Å²) in [4.78, 5) is 11.5. The molecule has 13 heavy (non-hydrogen) atoms. The van der Waals surface area contributed by atoms with Crippen molar-refractivity contribution < 1.29 is 9.90 Å². The van der Waals surface area contributed by atoms with E-state index in [4.69, 9.17) is 0 Å². The molecule has 0 bridgehead atoms. The monoisotopic (exact) mass is 174 g/mol. The van der Waals surface area contributed by atoms with Crippen molar-refractivity contribution in [2.45, 2.75) is 13.3 Å². The molecule has 1 aliphatic carbocycles. The second-order valence-corrected chi connectivity index (χ2v) is 3.37. The van der Waals surface area contributed by atoms with E-state index in [1.54, 1.807) is 18.2 Å². The highest BCUT2D eigenvalue weighted by atomic mass is 16.3. The molecule has 0 amide bonds. The highest BCUT2D eigenvalue weighted by Crippen LogP contribution is 2.24. The van der Waals surface area contributed by atoms with Gasteiger partial charge in [0.2, 0.25) is 0 Å². The van der Waals surface area contributed by atoms with E-state index >= 15 is 0 Å². The van der Waals surface area contributed by atoms with Gasteiger partial charge in [0.25, 0.3) is 0 Å². The zero-order chi connectivity index (χ0) is 9.42. The van der Waals surface area contributed by atoms with E-state index in [-0.39, 0.29) is 11.5 Å². The minimum Gasteiger partial charge on any atom is -0.508 e. The van der Waals surface area contributed by atoms with E-state index in [9.17, 15) is 9.90 Å². The Bertz CT molecular complexity index is 403. The van der Waals surface area contributed by atoms with Crippen molar-refractivity contribution in [1.82, 2.24) is 0 Å². The lowest BCUT2D eigenvalue weighted by molar-refractivity contribution is 0.104. The molecule has 0 spiro atoms. The van der Waals surface area contributed by atoms with E-state index in [0.29, 0.717) is 5.56 Å². The summed E-state index contributed by atoms with van der Waals surface area (Å²) in [6.07, 6.45) is 2.43. The maximum Gasteiger partial charge on any atom is 0.186 e. The molecule has 0 unspecified atom stereocenters. The maximum atomic E-state index is 11.5. The summed E-state index contributed by atoms with van der Waals surface area (Å²) in [6, 6.07) is 4.95. The number of rotatable bonds is 0. The third-order valence-corrected chi connectivity index (χ3v) is 2.21. The summed E-state index contributed by atoms with van der Waals surface area (Å²) < 4.78 is 0. The van der Waals surface area contributed by atoms with E-state index in [0.717, 1.165) is 17.6 Å². The van der Waals surface area contributed by atoms with Crippen molar-refractivity contribution in [1.29, 1.82) is 0 Å². The van der Waals surface area contributed by atoms with Crippen LogP contribution in [0.5, 0.6) is 5.75 Å². The molecular formula is C11H10O2. The summed E-state index contributed by atoms with van der Waals surface area (Å²) >= 11 is 0. The van der Waals surface area contributed by atoms with Gasteiger partial charge in [0.15, 0.2) is 5.78 Å². The SMILES string of the molecule is CC1=CC(=O)c2cc(O)ccc2C1. The lowest BCUT2D eigenvalue weighted by Crippen LogP contribution is -2.07. The Morgan fingerprint density at radius 1 is 1.38 bits per heavy atom. The second-order valence-electron chi connectivity index (χ2n) is 3.37. The molecule has 0 heterocycles. The zero-order valence-corrected chi connectivity index (χ0v) is 7.37. The van der Waals surface area contributed by atoms with Crippen molar-refractivity contribution in [3.63, 3.8) is 0 Å². The van der Waals surface area contributed by atoms with E-state index in [1.165, 1.54) is 6.07 Å². The average molecular weight is 174 g/mol. The fourth-order valence-corrected chi connectivity index (χ4v) is 1.60. The topological polar surface area (TPSA) is 37.3 Å². The van der Waals surface area contributed by atoms with Crippen LogP contribution in [0.25, 0.3) is 0 Å². The third kappa shape index (κ3) is 1.35. The lowest BCUT2D eigenvalue weighted by Gasteiger charge is -2.13. The van der Waals surface area contributed by atoms with Gasteiger partial charge < -0.3 is 5.11 Å². The van der Waals surface area contributed by atoms with Gasteiger partial charge in [-0.3, -0.25) is 4.79 Å². The standard InChI is InChI=1S/C11H10O2/c1-7-4-8-2-3-9(12)6-10(8)11(13)5-7/h2-3,5-6,12H,4H2,1H3. The lowest BCUT2D eigenvalue weighted by atomic mass is 9.91. The van der Waals surface area contributed by atoms with Crippen LogP contribution in [0.3, 0.4) is 0 Å². The van der Waals surface area contributed by atoms with Gasteiger partial charge in [-0.05, 0) is 37.1 Å². The van der Waals surface area contributed by atoms with Crippen LogP contribution in [0.15, 0.2) is 29.8 Å². The van der Waals surface area contributed by atoms with Crippen LogP contribution in [0.4, 0.5) is 0 Å². The normalized spacial score (nSPS) is 15.2. The minimum atomic E-state index is -0.00495. The zero-order valence-electron chi connectivity index (χ0n) is 7.37. The summed E-state index contributed by atoms with van der Waals surface area (Å²) in [7, 11) is 0. The van der Waals surface area contributed by atoms with Crippen LogP contribution in [0.1, 0.15) is 22.8 Å². The number of carbonyl (C=O) groups is 1. The Balaban J connectivity index is 2.57. The van der Waals surface area contributed by atoms with Crippen molar-refractivity contribution in [2.75, 3.05) is 0 Å². The Kier molecular flexibility index (Phi) is 1.69. The smallest absolute Gasteiger partial charge is 0.186 e. The largest absolute Gasteiger partial charge is 0.508 e. The predicted octanol–water partition coefficient (Wildman–Crippen LogP) is 2.08. The molecule has 0 aliphatic heterocycles. The Morgan fingerprint density at radius 2 is 2.15 bits per heavy atom. The van der Waals surface area contributed by atoms with Gasteiger partial charge in [-0.2, -0.15) is 0 Å². The highest BCUT2D eigenvalue weighted by Gasteiger charge is 2.15. The fraction of sp³-hybridized carbons (Fsp3) is 0.182. The van der Waals surface area contributed by atoms with Crippen LogP contribution in [-0.2, 0) is 6.42 Å². The molecule has 0 atom stereocenters. The number of hydrogen-bond donors (Lipinski definition) is 1. The number of carbonyl (C=O) groups excluding carboxylic acids is 1. The summed E-state index contributed by atoms with van der Waals surface area (Å²) in [5, 5.41) is 9.20. The van der Waals surface area contributed by atoms with Gasteiger partial charge in [-0.1, -0.05) is 11.6 Å². The molecule has 66 valence electrons. The van der Waals surface area contributed by atoms with Gasteiger partial charge in [-0.25, -0.2) is 0 Å². The van der Waals surface area contributed by atoms with Crippen LogP contribution in [0.2, 0.25) is 0 Å². The first-order valence-corrected chi connectivity index (χ1v) is 4.20. The molecular weight excluding hydrogens is 164 g/mol. The molecule has 2 nitrogen and oxygen atoms in total. The Hall–Kier alpha value is -1.57. The summed E-state index contributed by atoms with van der Waals surface area (Å²) in [5.74, 6) is 0.148. The predicted molar refractivity (Wildman–Crippen MR) is 49.9 cm³/mol. The first-order chi connectivity index (χ1) is 6.16. The average Bonchev–Trinajstić information content (AvgIpc) is 2.06. The van der Waals surface area contributed by atoms with Crippen molar-refractivity contribution in [2.24, 2.45) is 0 Å². The first-order valence-electron chi connectivity index (χ1n) is 4.20. The highest BCUT2D eigenvalue weighted by molar-refractivity contribution is 6.07. The Morgan fingerprint density at radius 3 is 2.92 bits per heavy atom. The molecule has 2 rings (SSSR count). The van der Waals surface area contributed by atoms with Gasteiger partial charge in [0.1, 0.15) is 5.75 Å². The third-order valence-electron chi connectivity index (χ3n) is 2.21. The van der Waals surface area contributed by atoms with Crippen molar-refractivity contribution in [3.8, 4) is 5.75 Å². The van der Waals surface area contributed by atoms with E-state index < -0.39 is 0 Å². The first kappa shape index (κ1) is 8.05. The molecule has 1 aliphatic rings. The van der Waals surface area contributed by atoms with Crippen molar-refractivity contribution in [3.05, 3.63) is 41.0 Å². The quantitative estimate of drug-likeness (QED) is 0.653. The molecule has 1 aromatic rings. The summed E-state index contributed by atoms with van der Waals surface area (Å²) in [5.41, 5.74) is 2.71. The molecule has 1 N–H and O–H groups in total. The second kappa shape index (κ2) is 2.73. The van der Waals surface area contributed by atoms with Gasteiger partial charge in [-0.15, -0.1) is 0 Å². The summed E-state index contributed by atoms with van der Waals surface area (Å²) in [6.45, 7) is 1.94. The number of phenolic OH excluding ortho intramolecular Hbond substituents is 1. The van der Waals surface area contributed by atoms with Gasteiger partial charge in [0.05, 0.1) is 0 Å². The molecule has 0 saturated heterocycles. The van der Waals surface area contributed by atoms with E-state index in [1.807, 2.05) is 6.92 Å². The molecule has 2 heteroatoms. The van der Waals surface area contributed by atoms with Crippen LogP contribution in [-0.4, -0.2) is 10.9 Å². The number of benzene rings is 1. The van der Waals surface area contributed by atoms with Gasteiger partial charge in [0, 0.05) is 5.56 Å². The maximum absolute atomic E-state index is 11.5. The molecule has 0 saturated carbocycles. The fourth-order valence-electron chi connectivity index (χ4n) is 1.60. The number of aromatic hydroxyl groups is 1. The van der Waals surface area contributed by atoms with Crippen LogP contribution < -0.4 is 0 Å². The number of phenols is 1.